The topological polar surface area (TPSA) is 32.8 Å². The highest BCUT2D eigenvalue weighted by atomic mass is 16.5. The predicted octanol–water partition coefficient (Wildman–Crippen LogP) is 3.57. The van der Waals surface area contributed by atoms with E-state index in [4.69, 9.17) is 4.74 Å². The van der Waals surface area contributed by atoms with Crippen LogP contribution in [0.2, 0.25) is 0 Å². The number of ether oxygens (including phenoxy) is 1. The zero-order valence-corrected chi connectivity index (χ0v) is 14.7. The SMILES string of the molecule is O=C(c1ccc(OCCCN2CCCCC2)cc1)N1CCCCC1. The molecule has 0 atom stereocenters. The summed E-state index contributed by atoms with van der Waals surface area (Å²) in [4.78, 5) is 16.9. The first-order chi connectivity index (χ1) is 11.8. The molecule has 0 radical (unpaired) electrons. The van der Waals surface area contributed by atoms with Crippen molar-refractivity contribution in [2.24, 2.45) is 0 Å². The van der Waals surface area contributed by atoms with Gasteiger partial charge in [0, 0.05) is 25.2 Å². The van der Waals surface area contributed by atoms with Crippen molar-refractivity contribution in [3.05, 3.63) is 29.8 Å². The van der Waals surface area contributed by atoms with Gasteiger partial charge in [-0.2, -0.15) is 0 Å². The molecule has 0 spiro atoms. The molecule has 3 rings (SSSR count). The Hall–Kier alpha value is -1.55. The molecule has 2 aliphatic rings. The van der Waals surface area contributed by atoms with E-state index in [1.54, 1.807) is 0 Å². The van der Waals surface area contributed by atoms with E-state index in [1.807, 2.05) is 29.2 Å². The third-order valence-electron chi connectivity index (χ3n) is 5.08. The van der Waals surface area contributed by atoms with Crippen LogP contribution in [0.15, 0.2) is 24.3 Å². The molecule has 24 heavy (non-hydrogen) atoms. The fourth-order valence-corrected chi connectivity index (χ4v) is 3.63. The first kappa shape index (κ1) is 17.3. The number of likely N-dealkylation sites (tertiary alicyclic amines) is 2. The van der Waals surface area contributed by atoms with Gasteiger partial charge in [-0.1, -0.05) is 6.42 Å². The molecule has 0 N–H and O–H groups in total. The molecule has 0 aromatic heterocycles. The van der Waals surface area contributed by atoms with Gasteiger partial charge in [0.2, 0.25) is 0 Å². The van der Waals surface area contributed by atoms with Gasteiger partial charge in [0.1, 0.15) is 5.75 Å². The zero-order chi connectivity index (χ0) is 16.6. The second-order valence-corrected chi connectivity index (χ2v) is 6.98. The number of hydrogen-bond donors (Lipinski definition) is 0. The van der Waals surface area contributed by atoms with Crippen molar-refractivity contribution < 1.29 is 9.53 Å². The smallest absolute Gasteiger partial charge is 0.253 e. The number of rotatable bonds is 6. The minimum Gasteiger partial charge on any atom is -0.494 e. The van der Waals surface area contributed by atoms with Crippen LogP contribution in [0.3, 0.4) is 0 Å². The molecule has 0 bridgehead atoms. The van der Waals surface area contributed by atoms with Crippen LogP contribution in [0, 0.1) is 0 Å². The average Bonchev–Trinajstić information content (AvgIpc) is 2.67. The molecule has 2 aliphatic heterocycles. The molecule has 0 unspecified atom stereocenters. The number of nitrogens with zero attached hydrogens (tertiary/aromatic N) is 2. The monoisotopic (exact) mass is 330 g/mol. The Bertz CT molecular complexity index is 503. The molecule has 4 nitrogen and oxygen atoms in total. The van der Waals surface area contributed by atoms with Crippen molar-refractivity contribution >= 4 is 5.91 Å². The van der Waals surface area contributed by atoms with E-state index >= 15 is 0 Å². The van der Waals surface area contributed by atoms with E-state index in [2.05, 4.69) is 4.90 Å². The number of hydrogen-bond acceptors (Lipinski definition) is 3. The van der Waals surface area contributed by atoms with Gasteiger partial charge in [0.15, 0.2) is 0 Å². The Morgan fingerprint density at radius 2 is 1.50 bits per heavy atom. The van der Waals surface area contributed by atoms with E-state index < -0.39 is 0 Å². The molecular formula is C20H30N2O2. The third kappa shape index (κ3) is 4.97. The summed E-state index contributed by atoms with van der Waals surface area (Å²) in [5.74, 6) is 1.02. The Labute approximate surface area is 145 Å². The summed E-state index contributed by atoms with van der Waals surface area (Å²) >= 11 is 0. The molecule has 0 aliphatic carbocycles. The largest absolute Gasteiger partial charge is 0.494 e. The molecule has 2 heterocycles. The highest BCUT2D eigenvalue weighted by Gasteiger charge is 2.17. The summed E-state index contributed by atoms with van der Waals surface area (Å²) in [6.45, 7) is 6.16. The second kappa shape index (κ2) is 9.07. The lowest BCUT2D eigenvalue weighted by atomic mass is 10.1. The van der Waals surface area contributed by atoms with E-state index in [-0.39, 0.29) is 5.91 Å². The van der Waals surface area contributed by atoms with E-state index in [1.165, 1.54) is 38.8 Å². The highest BCUT2D eigenvalue weighted by Crippen LogP contribution is 2.17. The maximum atomic E-state index is 12.4. The Kier molecular flexibility index (Phi) is 6.53. The fourth-order valence-electron chi connectivity index (χ4n) is 3.63. The van der Waals surface area contributed by atoms with Crippen LogP contribution in [0.1, 0.15) is 55.3 Å². The van der Waals surface area contributed by atoms with Crippen LogP contribution < -0.4 is 4.74 Å². The van der Waals surface area contributed by atoms with Gasteiger partial charge in [0.05, 0.1) is 6.61 Å². The van der Waals surface area contributed by atoms with E-state index in [9.17, 15) is 4.79 Å². The van der Waals surface area contributed by atoms with E-state index in [0.717, 1.165) is 56.8 Å². The van der Waals surface area contributed by atoms with Crippen molar-refractivity contribution in [2.45, 2.75) is 44.9 Å². The summed E-state index contributed by atoms with van der Waals surface area (Å²) in [6, 6.07) is 7.66. The Balaban J connectivity index is 1.40. The number of piperidine rings is 2. The minimum atomic E-state index is 0.159. The quantitative estimate of drug-likeness (QED) is 0.748. The van der Waals surface area contributed by atoms with Crippen LogP contribution in [0.5, 0.6) is 5.75 Å². The minimum absolute atomic E-state index is 0.159. The maximum absolute atomic E-state index is 12.4. The summed E-state index contributed by atoms with van der Waals surface area (Å²) in [7, 11) is 0. The molecule has 1 amide bonds. The van der Waals surface area contributed by atoms with Crippen molar-refractivity contribution in [1.29, 1.82) is 0 Å². The number of carbonyl (C=O) groups is 1. The molecule has 4 heteroatoms. The predicted molar refractivity (Wildman–Crippen MR) is 96.6 cm³/mol. The molecule has 2 fully saturated rings. The van der Waals surface area contributed by atoms with Crippen molar-refractivity contribution in [2.75, 3.05) is 39.3 Å². The lowest BCUT2D eigenvalue weighted by Gasteiger charge is -2.26. The Morgan fingerprint density at radius 1 is 0.875 bits per heavy atom. The Morgan fingerprint density at radius 3 is 2.17 bits per heavy atom. The summed E-state index contributed by atoms with van der Waals surface area (Å²) in [5.41, 5.74) is 0.776. The van der Waals surface area contributed by atoms with Crippen molar-refractivity contribution in [3.63, 3.8) is 0 Å². The standard InChI is InChI=1S/C20H30N2O2/c23-20(22-15-5-2-6-16-22)18-8-10-19(11-9-18)24-17-7-14-21-12-3-1-4-13-21/h8-11H,1-7,12-17H2. The number of carbonyl (C=O) groups excluding carboxylic acids is 1. The summed E-state index contributed by atoms with van der Waals surface area (Å²) < 4.78 is 5.83. The lowest BCUT2D eigenvalue weighted by Crippen LogP contribution is -2.35. The summed E-state index contributed by atoms with van der Waals surface area (Å²) in [5, 5.41) is 0. The molecule has 132 valence electrons. The molecule has 1 aromatic rings. The molecule has 2 saturated heterocycles. The van der Waals surface area contributed by atoms with Crippen LogP contribution in [0.25, 0.3) is 0 Å². The van der Waals surface area contributed by atoms with Gasteiger partial charge in [-0.15, -0.1) is 0 Å². The van der Waals surface area contributed by atoms with Crippen molar-refractivity contribution in [1.82, 2.24) is 9.80 Å². The van der Waals surface area contributed by atoms with Crippen molar-refractivity contribution in [3.8, 4) is 5.75 Å². The van der Waals surface area contributed by atoms with Crippen LogP contribution in [-0.2, 0) is 0 Å². The van der Waals surface area contributed by atoms with Gasteiger partial charge < -0.3 is 14.5 Å². The number of amides is 1. The van der Waals surface area contributed by atoms with Gasteiger partial charge in [0.25, 0.3) is 5.91 Å². The molecule has 0 saturated carbocycles. The van der Waals surface area contributed by atoms with Crippen LogP contribution in [0.4, 0.5) is 0 Å². The van der Waals surface area contributed by atoms with Gasteiger partial charge >= 0.3 is 0 Å². The number of benzene rings is 1. The van der Waals surface area contributed by atoms with E-state index in [0.29, 0.717) is 0 Å². The average molecular weight is 330 g/mol. The summed E-state index contributed by atoms with van der Waals surface area (Å²) in [6.07, 6.45) is 8.63. The molecule has 1 aromatic carbocycles. The van der Waals surface area contributed by atoms with Gasteiger partial charge in [-0.25, -0.2) is 0 Å². The lowest BCUT2D eigenvalue weighted by molar-refractivity contribution is 0.0724. The second-order valence-electron chi connectivity index (χ2n) is 6.98. The van der Waals surface area contributed by atoms with Gasteiger partial charge in [-0.05, 0) is 75.9 Å². The first-order valence-electron chi connectivity index (χ1n) is 9.57. The highest BCUT2D eigenvalue weighted by molar-refractivity contribution is 5.94. The van der Waals surface area contributed by atoms with Crippen LogP contribution in [-0.4, -0.2) is 55.0 Å². The fraction of sp³-hybridized carbons (Fsp3) is 0.650. The normalized spacial score (nSPS) is 19.2. The first-order valence-corrected chi connectivity index (χ1v) is 9.57. The van der Waals surface area contributed by atoms with Gasteiger partial charge in [-0.3, -0.25) is 4.79 Å². The third-order valence-corrected chi connectivity index (χ3v) is 5.08. The maximum Gasteiger partial charge on any atom is 0.253 e. The zero-order valence-electron chi connectivity index (χ0n) is 14.7. The molecular weight excluding hydrogens is 300 g/mol. The van der Waals surface area contributed by atoms with Crippen LogP contribution >= 0.6 is 0 Å².